The first-order valence-corrected chi connectivity index (χ1v) is 6.14. The first-order chi connectivity index (χ1) is 7.40. The van der Waals surface area contributed by atoms with E-state index in [0.717, 1.165) is 13.1 Å². The maximum absolute atomic E-state index is 4.45. The number of aromatic nitrogens is 2. The molecule has 2 rings (SSSR count). The van der Waals surface area contributed by atoms with Gasteiger partial charge in [-0.15, -0.1) is 0 Å². The van der Waals surface area contributed by atoms with E-state index in [2.05, 4.69) is 28.2 Å². The second-order valence-electron chi connectivity index (χ2n) is 4.44. The predicted octanol–water partition coefficient (Wildman–Crippen LogP) is 2.50. The van der Waals surface area contributed by atoms with Gasteiger partial charge in [-0.3, -0.25) is 4.68 Å². The van der Waals surface area contributed by atoms with Crippen molar-refractivity contribution in [3.63, 3.8) is 0 Å². The van der Waals surface area contributed by atoms with E-state index < -0.39 is 0 Å². The highest BCUT2D eigenvalue weighted by Gasteiger charge is 2.17. The molecule has 0 unspecified atom stereocenters. The average Bonchev–Trinajstić information content (AvgIpc) is 2.87. The summed E-state index contributed by atoms with van der Waals surface area (Å²) in [6.07, 6.45) is 10.8. The van der Waals surface area contributed by atoms with Gasteiger partial charge in [0.2, 0.25) is 0 Å². The van der Waals surface area contributed by atoms with Crippen LogP contribution >= 0.6 is 0 Å². The summed E-state index contributed by atoms with van der Waals surface area (Å²) >= 11 is 0. The fraction of sp³-hybridized carbons (Fsp3) is 0.750. The number of nitrogens with one attached hydrogen (secondary N) is 1. The largest absolute Gasteiger partial charge is 0.313 e. The van der Waals surface area contributed by atoms with Gasteiger partial charge in [0.25, 0.3) is 0 Å². The molecule has 0 saturated heterocycles. The number of hydrogen-bond donors (Lipinski definition) is 1. The minimum absolute atomic E-state index is 0.671. The molecule has 3 nitrogen and oxygen atoms in total. The van der Waals surface area contributed by atoms with Gasteiger partial charge < -0.3 is 5.32 Å². The van der Waals surface area contributed by atoms with Crippen LogP contribution in [-0.2, 0) is 6.54 Å². The zero-order valence-electron chi connectivity index (χ0n) is 9.58. The lowest BCUT2D eigenvalue weighted by atomic mass is 10.2. The molecule has 0 amide bonds. The van der Waals surface area contributed by atoms with Gasteiger partial charge in [0.1, 0.15) is 0 Å². The van der Waals surface area contributed by atoms with E-state index in [1.807, 2.05) is 6.20 Å². The molecule has 0 bridgehead atoms. The molecule has 0 spiro atoms. The first-order valence-electron chi connectivity index (χ1n) is 6.14. The molecule has 1 heterocycles. The average molecular weight is 207 g/mol. The number of rotatable bonds is 5. The van der Waals surface area contributed by atoms with Crippen molar-refractivity contribution in [1.82, 2.24) is 15.1 Å². The van der Waals surface area contributed by atoms with Crippen molar-refractivity contribution in [2.75, 3.05) is 6.54 Å². The van der Waals surface area contributed by atoms with E-state index in [1.165, 1.54) is 37.7 Å². The molecule has 1 aliphatic rings. The summed E-state index contributed by atoms with van der Waals surface area (Å²) in [4.78, 5) is 0. The van der Waals surface area contributed by atoms with Gasteiger partial charge in [0.15, 0.2) is 0 Å². The van der Waals surface area contributed by atoms with Crippen LogP contribution in [0.15, 0.2) is 12.4 Å². The van der Waals surface area contributed by atoms with Gasteiger partial charge in [-0.2, -0.15) is 5.10 Å². The third-order valence-corrected chi connectivity index (χ3v) is 3.11. The lowest BCUT2D eigenvalue weighted by Gasteiger charge is -2.08. The third-order valence-electron chi connectivity index (χ3n) is 3.11. The Kier molecular flexibility index (Phi) is 3.78. The second-order valence-corrected chi connectivity index (χ2v) is 4.44. The zero-order valence-corrected chi connectivity index (χ0v) is 9.58. The summed E-state index contributed by atoms with van der Waals surface area (Å²) in [5.41, 5.74) is 1.32. The molecule has 0 radical (unpaired) electrons. The van der Waals surface area contributed by atoms with Crippen LogP contribution in [0, 0.1) is 0 Å². The topological polar surface area (TPSA) is 29.9 Å². The molecule has 15 heavy (non-hydrogen) atoms. The van der Waals surface area contributed by atoms with Crippen molar-refractivity contribution >= 4 is 0 Å². The Labute approximate surface area is 91.9 Å². The van der Waals surface area contributed by atoms with Gasteiger partial charge in [-0.25, -0.2) is 0 Å². The molecule has 0 aliphatic heterocycles. The van der Waals surface area contributed by atoms with E-state index in [0.29, 0.717) is 6.04 Å². The van der Waals surface area contributed by atoms with Crippen molar-refractivity contribution in [3.05, 3.63) is 18.0 Å². The lowest BCUT2D eigenvalue weighted by molar-refractivity contribution is 0.466. The van der Waals surface area contributed by atoms with Gasteiger partial charge in [0.05, 0.1) is 12.2 Å². The van der Waals surface area contributed by atoms with Crippen LogP contribution in [0.4, 0.5) is 0 Å². The van der Waals surface area contributed by atoms with E-state index >= 15 is 0 Å². The Hall–Kier alpha value is -0.830. The van der Waals surface area contributed by atoms with Crippen LogP contribution in [0.3, 0.4) is 0 Å². The van der Waals surface area contributed by atoms with Gasteiger partial charge in [0, 0.05) is 18.3 Å². The molecule has 1 saturated carbocycles. The number of nitrogens with zero attached hydrogens (tertiary/aromatic N) is 2. The smallest absolute Gasteiger partial charge is 0.0534 e. The predicted molar refractivity (Wildman–Crippen MR) is 61.7 cm³/mol. The minimum atomic E-state index is 0.671. The highest BCUT2D eigenvalue weighted by molar-refractivity contribution is 5.04. The molecular weight excluding hydrogens is 186 g/mol. The molecule has 3 heteroatoms. The van der Waals surface area contributed by atoms with Crippen molar-refractivity contribution < 1.29 is 0 Å². The second kappa shape index (κ2) is 5.31. The Bertz CT molecular complexity index is 287. The molecule has 1 N–H and O–H groups in total. The van der Waals surface area contributed by atoms with Crippen LogP contribution in [0.2, 0.25) is 0 Å². The molecule has 1 aromatic rings. The van der Waals surface area contributed by atoms with E-state index in [1.54, 1.807) is 0 Å². The Morgan fingerprint density at radius 2 is 2.27 bits per heavy atom. The van der Waals surface area contributed by atoms with Crippen LogP contribution < -0.4 is 5.32 Å². The molecule has 84 valence electrons. The van der Waals surface area contributed by atoms with Crippen molar-refractivity contribution in [2.45, 2.75) is 51.6 Å². The molecule has 1 aliphatic carbocycles. The SMILES string of the molecule is CCCNCc1cnn(C2CCCC2)c1. The van der Waals surface area contributed by atoms with E-state index in [4.69, 9.17) is 0 Å². The highest BCUT2D eigenvalue weighted by Crippen LogP contribution is 2.28. The molecule has 1 aromatic heterocycles. The van der Waals surface area contributed by atoms with Crippen molar-refractivity contribution in [1.29, 1.82) is 0 Å². The fourth-order valence-electron chi connectivity index (χ4n) is 2.25. The van der Waals surface area contributed by atoms with Crippen molar-refractivity contribution in [3.8, 4) is 0 Å². The van der Waals surface area contributed by atoms with Crippen molar-refractivity contribution in [2.24, 2.45) is 0 Å². The van der Waals surface area contributed by atoms with E-state index in [-0.39, 0.29) is 0 Å². The third kappa shape index (κ3) is 2.81. The number of hydrogen-bond acceptors (Lipinski definition) is 2. The maximum Gasteiger partial charge on any atom is 0.0534 e. The molecule has 0 aromatic carbocycles. The summed E-state index contributed by atoms with van der Waals surface area (Å²) in [6, 6.07) is 0.671. The summed E-state index contributed by atoms with van der Waals surface area (Å²) in [6.45, 7) is 4.24. The maximum atomic E-state index is 4.45. The molecular formula is C12H21N3. The van der Waals surface area contributed by atoms with Gasteiger partial charge >= 0.3 is 0 Å². The summed E-state index contributed by atoms with van der Waals surface area (Å²) in [5, 5.41) is 7.86. The summed E-state index contributed by atoms with van der Waals surface area (Å²) in [7, 11) is 0. The lowest BCUT2D eigenvalue weighted by Crippen LogP contribution is -2.13. The fourth-order valence-corrected chi connectivity index (χ4v) is 2.25. The zero-order chi connectivity index (χ0) is 10.5. The highest BCUT2D eigenvalue weighted by atomic mass is 15.3. The summed E-state index contributed by atoms with van der Waals surface area (Å²) in [5.74, 6) is 0. The Morgan fingerprint density at radius 1 is 1.47 bits per heavy atom. The summed E-state index contributed by atoms with van der Waals surface area (Å²) < 4.78 is 2.16. The first kappa shape index (κ1) is 10.7. The van der Waals surface area contributed by atoms with E-state index in [9.17, 15) is 0 Å². The standard InChI is InChI=1S/C12H21N3/c1-2-7-13-8-11-9-14-15(10-11)12-5-3-4-6-12/h9-10,12-13H,2-8H2,1H3. The monoisotopic (exact) mass is 207 g/mol. The Morgan fingerprint density at radius 3 is 3.00 bits per heavy atom. The Balaban J connectivity index is 1.86. The van der Waals surface area contributed by atoms with Gasteiger partial charge in [-0.05, 0) is 25.8 Å². The van der Waals surface area contributed by atoms with Gasteiger partial charge in [-0.1, -0.05) is 19.8 Å². The van der Waals surface area contributed by atoms with Crippen LogP contribution in [0.1, 0.15) is 50.6 Å². The van der Waals surface area contributed by atoms with Crippen LogP contribution in [-0.4, -0.2) is 16.3 Å². The normalized spacial score (nSPS) is 17.4. The molecule has 0 atom stereocenters. The van der Waals surface area contributed by atoms with Crippen LogP contribution in [0.5, 0.6) is 0 Å². The van der Waals surface area contributed by atoms with Crippen LogP contribution in [0.25, 0.3) is 0 Å². The molecule has 1 fully saturated rings. The minimum Gasteiger partial charge on any atom is -0.313 e. The quantitative estimate of drug-likeness (QED) is 0.752.